The standard InChI is InChI=1S/C60H116O6/c1-5-7-9-11-13-15-17-19-21-22-24-27-31-35-39-43-47-51-58(61)64-54-57(66-60(63)53-49-45-41-37-33-28-23-20-18-16-14-12-10-8-6-2)55-65-59(62)52-48-44-40-36-32-29-25-26-30-34-38-42-46-50-56(3)4/h56-57H,5-55H2,1-4H3/t57-/m0/s1. The van der Waals surface area contributed by atoms with Gasteiger partial charge in [-0.2, -0.15) is 0 Å². The Balaban J connectivity index is 4.29. The minimum Gasteiger partial charge on any atom is -0.462 e. The first-order valence-electron chi connectivity index (χ1n) is 29.9. The number of carbonyl (C=O) groups is 3. The Morgan fingerprint density at radius 1 is 0.288 bits per heavy atom. The van der Waals surface area contributed by atoms with Gasteiger partial charge in [-0.05, 0) is 25.2 Å². The second-order valence-electron chi connectivity index (χ2n) is 21.1. The molecule has 0 aliphatic rings. The highest BCUT2D eigenvalue weighted by Crippen LogP contribution is 2.18. The minimum absolute atomic E-state index is 0.0615. The topological polar surface area (TPSA) is 78.9 Å². The molecule has 0 aromatic rings. The van der Waals surface area contributed by atoms with Crippen molar-refractivity contribution in [1.29, 1.82) is 0 Å². The van der Waals surface area contributed by atoms with E-state index in [0.717, 1.165) is 63.7 Å². The maximum Gasteiger partial charge on any atom is 0.306 e. The van der Waals surface area contributed by atoms with Crippen LogP contribution in [0, 0.1) is 5.92 Å². The fourth-order valence-electron chi connectivity index (χ4n) is 9.28. The summed E-state index contributed by atoms with van der Waals surface area (Å²) in [5.74, 6) is 0.00748. The molecule has 0 aliphatic heterocycles. The Kier molecular flexibility index (Phi) is 53.0. The molecule has 0 aromatic heterocycles. The van der Waals surface area contributed by atoms with Gasteiger partial charge in [0.25, 0.3) is 0 Å². The summed E-state index contributed by atoms with van der Waals surface area (Å²) in [4.78, 5) is 38.2. The van der Waals surface area contributed by atoms with Gasteiger partial charge in [-0.25, -0.2) is 0 Å². The highest BCUT2D eigenvalue weighted by molar-refractivity contribution is 5.71. The number of unbranched alkanes of at least 4 members (excludes halogenated alkanes) is 42. The molecule has 66 heavy (non-hydrogen) atoms. The molecule has 0 saturated heterocycles. The number of rotatable bonds is 55. The van der Waals surface area contributed by atoms with E-state index in [0.29, 0.717) is 19.3 Å². The highest BCUT2D eigenvalue weighted by Gasteiger charge is 2.19. The SMILES string of the molecule is CCCCCCCCCCCCCCCCCCCC(=O)OC[C@@H](COC(=O)CCCCCCCCCCCCCCCC(C)C)OC(=O)CCCCCCCCCCCCCCCCC. The first-order chi connectivity index (χ1) is 32.4. The Bertz CT molecular complexity index is 996. The van der Waals surface area contributed by atoms with Crippen LogP contribution < -0.4 is 0 Å². The molecule has 0 rings (SSSR count). The van der Waals surface area contributed by atoms with Crippen LogP contribution in [0.15, 0.2) is 0 Å². The van der Waals surface area contributed by atoms with E-state index in [-0.39, 0.29) is 31.1 Å². The molecule has 6 heteroatoms. The third kappa shape index (κ3) is 53.4. The van der Waals surface area contributed by atoms with E-state index in [1.54, 1.807) is 0 Å². The molecule has 0 aromatic carbocycles. The zero-order valence-corrected chi connectivity index (χ0v) is 45.2. The molecule has 0 amide bonds. The van der Waals surface area contributed by atoms with Crippen LogP contribution in [0.1, 0.15) is 342 Å². The predicted molar refractivity (Wildman–Crippen MR) is 284 cm³/mol. The summed E-state index contributed by atoms with van der Waals surface area (Å²) in [6.45, 7) is 9.07. The lowest BCUT2D eigenvalue weighted by Crippen LogP contribution is -2.30. The van der Waals surface area contributed by atoms with Gasteiger partial charge in [0.15, 0.2) is 6.10 Å². The molecule has 0 fully saturated rings. The number of carbonyl (C=O) groups excluding carboxylic acids is 3. The Morgan fingerprint density at radius 3 is 0.742 bits per heavy atom. The maximum absolute atomic E-state index is 12.9. The smallest absolute Gasteiger partial charge is 0.306 e. The van der Waals surface area contributed by atoms with Crippen molar-refractivity contribution in [2.75, 3.05) is 13.2 Å². The normalized spacial score (nSPS) is 12.0. The van der Waals surface area contributed by atoms with E-state index >= 15 is 0 Å². The van der Waals surface area contributed by atoms with Gasteiger partial charge in [0.05, 0.1) is 0 Å². The van der Waals surface area contributed by atoms with Crippen molar-refractivity contribution in [2.45, 2.75) is 348 Å². The average molecular weight is 934 g/mol. The predicted octanol–water partition coefficient (Wildman–Crippen LogP) is 19.8. The molecule has 0 unspecified atom stereocenters. The average Bonchev–Trinajstić information content (AvgIpc) is 3.30. The van der Waals surface area contributed by atoms with Crippen molar-refractivity contribution in [3.63, 3.8) is 0 Å². The number of esters is 3. The van der Waals surface area contributed by atoms with E-state index in [4.69, 9.17) is 14.2 Å². The van der Waals surface area contributed by atoms with Gasteiger partial charge in [0, 0.05) is 19.3 Å². The second-order valence-corrected chi connectivity index (χ2v) is 21.1. The van der Waals surface area contributed by atoms with Gasteiger partial charge in [-0.15, -0.1) is 0 Å². The first-order valence-corrected chi connectivity index (χ1v) is 29.9. The summed E-state index contributed by atoms with van der Waals surface area (Å²) in [5.41, 5.74) is 0. The molecule has 1 atom stereocenters. The maximum atomic E-state index is 12.9. The molecule has 0 bridgehead atoms. The molecule has 0 spiro atoms. The zero-order chi connectivity index (χ0) is 48.1. The number of ether oxygens (including phenoxy) is 3. The summed E-state index contributed by atoms with van der Waals surface area (Å²) in [5, 5.41) is 0. The van der Waals surface area contributed by atoms with Gasteiger partial charge in [-0.3, -0.25) is 14.4 Å². The van der Waals surface area contributed by atoms with E-state index < -0.39 is 6.10 Å². The van der Waals surface area contributed by atoms with E-state index in [9.17, 15) is 14.4 Å². The number of hydrogen-bond acceptors (Lipinski definition) is 6. The third-order valence-corrected chi connectivity index (χ3v) is 13.8. The van der Waals surface area contributed by atoms with E-state index in [2.05, 4.69) is 27.7 Å². The zero-order valence-electron chi connectivity index (χ0n) is 45.2. The van der Waals surface area contributed by atoms with Crippen molar-refractivity contribution >= 4 is 17.9 Å². The summed E-state index contributed by atoms with van der Waals surface area (Å²) in [6, 6.07) is 0. The lowest BCUT2D eigenvalue weighted by molar-refractivity contribution is -0.167. The van der Waals surface area contributed by atoms with Crippen LogP contribution in [-0.4, -0.2) is 37.2 Å². The van der Waals surface area contributed by atoms with Gasteiger partial charge in [0.2, 0.25) is 0 Å². The van der Waals surface area contributed by atoms with Crippen molar-refractivity contribution < 1.29 is 28.6 Å². The van der Waals surface area contributed by atoms with Crippen LogP contribution in [0.4, 0.5) is 0 Å². The fraction of sp³-hybridized carbons (Fsp3) is 0.950. The lowest BCUT2D eigenvalue weighted by atomic mass is 10.0. The van der Waals surface area contributed by atoms with Crippen LogP contribution in [0.5, 0.6) is 0 Å². The first kappa shape index (κ1) is 64.4. The monoisotopic (exact) mass is 933 g/mol. The molecule has 392 valence electrons. The number of hydrogen-bond donors (Lipinski definition) is 0. The van der Waals surface area contributed by atoms with Gasteiger partial charge >= 0.3 is 17.9 Å². The highest BCUT2D eigenvalue weighted by atomic mass is 16.6. The Labute approximate surface area is 412 Å². The van der Waals surface area contributed by atoms with Crippen molar-refractivity contribution in [2.24, 2.45) is 5.92 Å². The van der Waals surface area contributed by atoms with Crippen LogP contribution >= 0.6 is 0 Å². The second kappa shape index (κ2) is 54.4. The minimum atomic E-state index is -0.762. The van der Waals surface area contributed by atoms with Crippen LogP contribution in [0.25, 0.3) is 0 Å². The molecule has 6 nitrogen and oxygen atoms in total. The summed E-state index contributed by atoms with van der Waals surface area (Å²) in [7, 11) is 0. The quantitative estimate of drug-likeness (QED) is 0.0343. The molecule has 0 N–H and O–H groups in total. The van der Waals surface area contributed by atoms with Crippen LogP contribution in [0.3, 0.4) is 0 Å². The van der Waals surface area contributed by atoms with E-state index in [1.807, 2.05) is 0 Å². The van der Waals surface area contributed by atoms with Crippen molar-refractivity contribution in [3.05, 3.63) is 0 Å². The van der Waals surface area contributed by atoms with Crippen molar-refractivity contribution in [3.8, 4) is 0 Å². The summed E-state index contributed by atoms with van der Waals surface area (Å²) in [6.07, 6.45) is 59.5. The molecule has 0 saturated carbocycles. The van der Waals surface area contributed by atoms with Gasteiger partial charge in [-0.1, -0.05) is 304 Å². The largest absolute Gasteiger partial charge is 0.462 e. The van der Waals surface area contributed by atoms with Gasteiger partial charge < -0.3 is 14.2 Å². The molecular formula is C60H116O6. The van der Waals surface area contributed by atoms with Crippen LogP contribution in [-0.2, 0) is 28.6 Å². The molecular weight excluding hydrogens is 817 g/mol. The van der Waals surface area contributed by atoms with Gasteiger partial charge in [0.1, 0.15) is 13.2 Å². The van der Waals surface area contributed by atoms with E-state index in [1.165, 1.54) is 238 Å². The Morgan fingerprint density at radius 2 is 0.500 bits per heavy atom. The summed E-state index contributed by atoms with van der Waals surface area (Å²) >= 11 is 0. The molecule has 0 heterocycles. The lowest BCUT2D eigenvalue weighted by Gasteiger charge is -2.18. The van der Waals surface area contributed by atoms with Crippen LogP contribution in [0.2, 0.25) is 0 Å². The third-order valence-electron chi connectivity index (χ3n) is 13.8. The molecule has 0 aliphatic carbocycles. The van der Waals surface area contributed by atoms with Crippen molar-refractivity contribution in [1.82, 2.24) is 0 Å². The summed E-state index contributed by atoms with van der Waals surface area (Å²) < 4.78 is 16.9. The Hall–Kier alpha value is -1.59. The molecule has 0 radical (unpaired) electrons. The fourth-order valence-corrected chi connectivity index (χ4v) is 9.28.